The first-order valence-electron chi connectivity index (χ1n) is 8.36. The summed E-state index contributed by atoms with van der Waals surface area (Å²) in [6.07, 6.45) is 1.65. The van der Waals surface area contributed by atoms with Crippen molar-refractivity contribution in [1.29, 1.82) is 0 Å². The number of halogens is 1. The number of nitrogens with zero attached hydrogens (tertiary/aromatic N) is 4. The number of hydrogen-bond acceptors (Lipinski definition) is 5. The van der Waals surface area contributed by atoms with Crippen molar-refractivity contribution >= 4 is 34.9 Å². The molecule has 0 radical (unpaired) electrons. The number of carbonyl (C=O) groups excluding carboxylic acids is 2. The first-order valence-corrected chi connectivity index (χ1v) is 8.74. The van der Waals surface area contributed by atoms with E-state index in [0.29, 0.717) is 33.6 Å². The van der Waals surface area contributed by atoms with Crippen molar-refractivity contribution in [2.75, 3.05) is 10.6 Å². The second kappa shape index (κ2) is 6.51. The highest BCUT2D eigenvalue weighted by molar-refractivity contribution is 6.36. The maximum atomic E-state index is 13.1. The summed E-state index contributed by atoms with van der Waals surface area (Å²) >= 11 is 6.18. The summed E-state index contributed by atoms with van der Waals surface area (Å²) in [6.45, 7) is 1.76. The number of carbonyl (C=O) groups is 2. The zero-order valence-corrected chi connectivity index (χ0v) is 15.2. The molecule has 3 heterocycles. The molecule has 2 amide bonds. The summed E-state index contributed by atoms with van der Waals surface area (Å²) in [4.78, 5) is 31.0. The minimum absolute atomic E-state index is 0.0169. The minimum atomic E-state index is -0.703. The smallest absolute Gasteiger partial charge is 0.242 e. The van der Waals surface area contributed by atoms with Crippen LogP contribution in [0.15, 0.2) is 48.7 Å². The SMILES string of the molecule is Cc1nn(-c2ccccn2)c(N)c1[C@@H]1CC(=O)N(c2ccccc2Cl)C1=O. The Labute approximate surface area is 160 Å². The summed E-state index contributed by atoms with van der Waals surface area (Å²) in [7, 11) is 0. The number of benzene rings is 1. The van der Waals surface area contributed by atoms with Gasteiger partial charge >= 0.3 is 0 Å². The van der Waals surface area contributed by atoms with Gasteiger partial charge in [-0.2, -0.15) is 9.78 Å². The van der Waals surface area contributed by atoms with Gasteiger partial charge in [0.05, 0.1) is 22.3 Å². The molecule has 1 fully saturated rings. The molecule has 3 aromatic rings. The molecule has 0 spiro atoms. The molecule has 1 atom stereocenters. The first-order chi connectivity index (χ1) is 13.0. The fourth-order valence-electron chi connectivity index (χ4n) is 3.39. The van der Waals surface area contributed by atoms with Crippen LogP contribution in [0.1, 0.15) is 23.6 Å². The lowest BCUT2D eigenvalue weighted by molar-refractivity contribution is -0.121. The molecule has 27 heavy (non-hydrogen) atoms. The Hall–Kier alpha value is -3.19. The standard InChI is InChI=1S/C19H16ClN5O2/c1-11-17(18(21)25(23-11)15-8-4-5-9-22-15)12-10-16(26)24(19(12)27)14-7-3-2-6-13(14)20/h2-9,12H,10,21H2,1H3/t12-/m0/s1. The summed E-state index contributed by atoms with van der Waals surface area (Å²) < 4.78 is 1.49. The number of nitrogens with two attached hydrogens (primary N) is 1. The van der Waals surface area contributed by atoms with Gasteiger partial charge in [0.1, 0.15) is 5.82 Å². The molecule has 0 saturated carbocycles. The number of amides is 2. The van der Waals surface area contributed by atoms with Gasteiger partial charge in [-0.3, -0.25) is 9.59 Å². The van der Waals surface area contributed by atoms with E-state index < -0.39 is 5.92 Å². The summed E-state index contributed by atoms with van der Waals surface area (Å²) in [5.41, 5.74) is 7.81. The van der Waals surface area contributed by atoms with E-state index in [1.807, 2.05) is 6.07 Å². The number of pyridine rings is 1. The monoisotopic (exact) mass is 381 g/mol. The number of anilines is 2. The minimum Gasteiger partial charge on any atom is -0.383 e. The number of imide groups is 1. The van der Waals surface area contributed by atoms with Gasteiger partial charge in [0, 0.05) is 18.2 Å². The molecule has 4 rings (SSSR count). The molecule has 1 aliphatic rings. The fraction of sp³-hybridized carbons (Fsp3) is 0.158. The van der Waals surface area contributed by atoms with Gasteiger partial charge in [0.15, 0.2) is 5.82 Å². The number of nitrogen functional groups attached to an aromatic ring is 1. The second-order valence-electron chi connectivity index (χ2n) is 6.26. The van der Waals surface area contributed by atoms with Crippen molar-refractivity contribution < 1.29 is 9.59 Å². The van der Waals surface area contributed by atoms with E-state index in [0.717, 1.165) is 4.90 Å². The second-order valence-corrected chi connectivity index (χ2v) is 6.67. The van der Waals surface area contributed by atoms with Crippen LogP contribution in [0, 0.1) is 6.92 Å². The Morgan fingerprint density at radius 3 is 2.59 bits per heavy atom. The summed E-state index contributed by atoms with van der Waals surface area (Å²) in [5.74, 6) is -0.528. The lowest BCUT2D eigenvalue weighted by Gasteiger charge is -2.16. The topological polar surface area (TPSA) is 94.1 Å². The summed E-state index contributed by atoms with van der Waals surface area (Å²) in [6, 6.07) is 12.1. The van der Waals surface area contributed by atoms with Gasteiger partial charge < -0.3 is 5.73 Å². The first kappa shape index (κ1) is 17.2. The largest absolute Gasteiger partial charge is 0.383 e. The van der Waals surface area contributed by atoms with E-state index in [1.54, 1.807) is 49.5 Å². The highest BCUT2D eigenvalue weighted by atomic mass is 35.5. The van der Waals surface area contributed by atoms with Crippen LogP contribution in [-0.4, -0.2) is 26.6 Å². The van der Waals surface area contributed by atoms with E-state index >= 15 is 0 Å². The van der Waals surface area contributed by atoms with E-state index in [1.165, 1.54) is 4.68 Å². The average molecular weight is 382 g/mol. The van der Waals surface area contributed by atoms with Crippen LogP contribution < -0.4 is 10.6 Å². The van der Waals surface area contributed by atoms with E-state index in [9.17, 15) is 9.59 Å². The molecule has 1 aromatic carbocycles. The number of hydrogen-bond donors (Lipinski definition) is 1. The molecule has 0 bridgehead atoms. The average Bonchev–Trinajstić information content (AvgIpc) is 3.11. The molecule has 0 aliphatic carbocycles. The van der Waals surface area contributed by atoms with Crippen molar-refractivity contribution in [3.05, 3.63) is 64.9 Å². The molecular formula is C19H16ClN5O2. The molecule has 2 aromatic heterocycles. The lowest BCUT2D eigenvalue weighted by Crippen LogP contribution is -2.30. The lowest BCUT2D eigenvalue weighted by atomic mass is 9.97. The summed E-state index contributed by atoms with van der Waals surface area (Å²) in [5, 5.41) is 4.76. The molecular weight excluding hydrogens is 366 g/mol. The predicted molar refractivity (Wildman–Crippen MR) is 102 cm³/mol. The number of aromatic nitrogens is 3. The van der Waals surface area contributed by atoms with Crippen molar-refractivity contribution in [2.45, 2.75) is 19.3 Å². The van der Waals surface area contributed by atoms with E-state index in [-0.39, 0.29) is 18.2 Å². The van der Waals surface area contributed by atoms with Crippen molar-refractivity contribution in [3.8, 4) is 5.82 Å². The van der Waals surface area contributed by atoms with E-state index in [2.05, 4.69) is 10.1 Å². The van der Waals surface area contributed by atoms with Gasteiger partial charge in [-0.1, -0.05) is 29.8 Å². The Morgan fingerprint density at radius 2 is 1.89 bits per heavy atom. The third kappa shape index (κ3) is 2.76. The third-order valence-electron chi connectivity index (χ3n) is 4.60. The van der Waals surface area contributed by atoms with Crippen LogP contribution in [-0.2, 0) is 9.59 Å². The fourth-order valence-corrected chi connectivity index (χ4v) is 3.61. The quantitative estimate of drug-likeness (QED) is 0.704. The van der Waals surface area contributed by atoms with Gasteiger partial charge in [0.2, 0.25) is 11.8 Å². The van der Waals surface area contributed by atoms with Crippen LogP contribution in [0.25, 0.3) is 5.82 Å². The van der Waals surface area contributed by atoms with Gasteiger partial charge in [-0.25, -0.2) is 9.88 Å². The Bertz CT molecular complexity index is 1050. The van der Waals surface area contributed by atoms with Crippen LogP contribution in [0.3, 0.4) is 0 Å². The number of para-hydroxylation sites is 1. The van der Waals surface area contributed by atoms with E-state index in [4.69, 9.17) is 17.3 Å². The molecule has 7 nitrogen and oxygen atoms in total. The Kier molecular flexibility index (Phi) is 4.16. The van der Waals surface area contributed by atoms with Gasteiger partial charge in [-0.15, -0.1) is 0 Å². The van der Waals surface area contributed by atoms with Crippen LogP contribution in [0.2, 0.25) is 5.02 Å². The zero-order valence-electron chi connectivity index (χ0n) is 14.5. The molecule has 2 N–H and O–H groups in total. The molecule has 8 heteroatoms. The normalized spacial score (nSPS) is 17.0. The van der Waals surface area contributed by atoms with Gasteiger partial charge in [-0.05, 0) is 31.2 Å². The third-order valence-corrected chi connectivity index (χ3v) is 4.92. The molecule has 136 valence electrons. The highest BCUT2D eigenvalue weighted by Crippen LogP contribution is 2.39. The Balaban J connectivity index is 1.75. The molecule has 1 saturated heterocycles. The maximum Gasteiger partial charge on any atom is 0.242 e. The van der Waals surface area contributed by atoms with Crippen molar-refractivity contribution in [2.24, 2.45) is 0 Å². The Morgan fingerprint density at radius 1 is 1.15 bits per heavy atom. The van der Waals surface area contributed by atoms with Crippen LogP contribution in [0.5, 0.6) is 0 Å². The van der Waals surface area contributed by atoms with Crippen molar-refractivity contribution in [1.82, 2.24) is 14.8 Å². The highest BCUT2D eigenvalue weighted by Gasteiger charge is 2.43. The predicted octanol–water partition coefficient (Wildman–Crippen LogP) is 2.86. The number of aryl methyl sites for hydroxylation is 1. The molecule has 1 aliphatic heterocycles. The van der Waals surface area contributed by atoms with Crippen LogP contribution in [0.4, 0.5) is 11.5 Å². The molecule has 0 unspecified atom stereocenters. The van der Waals surface area contributed by atoms with Crippen LogP contribution >= 0.6 is 11.6 Å². The number of rotatable bonds is 3. The van der Waals surface area contributed by atoms with Gasteiger partial charge in [0.25, 0.3) is 0 Å². The maximum absolute atomic E-state index is 13.1. The zero-order chi connectivity index (χ0) is 19.1. The van der Waals surface area contributed by atoms with Crippen molar-refractivity contribution in [3.63, 3.8) is 0 Å².